The minimum absolute atomic E-state index is 0.0819. The monoisotopic (exact) mass is 236 g/mol. The van der Waals surface area contributed by atoms with Crippen LogP contribution in [0.3, 0.4) is 0 Å². The number of methoxy groups -OCH3 is 1. The van der Waals surface area contributed by atoms with Gasteiger partial charge < -0.3 is 9.64 Å². The van der Waals surface area contributed by atoms with Crippen LogP contribution in [0.1, 0.15) is 32.1 Å². The van der Waals surface area contributed by atoms with Crippen LogP contribution in [0.25, 0.3) is 0 Å². The lowest BCUT2D eigenvalue weighted by Crippen LogP contribution is -2.51. The van der Waals surface area contributed by atoms with Crippen LogP contribution in [0.15, 0.2) is 0 Å². The van der Waals surface area contributed by atoms with Gasteiger partial charge >= 0.3 is 5.97 Å². The molecule has 0 bridgehead atoms. The number of nitriles is 1. The summed E-state index contributed by atoms with van der Waals surface area (Å²) in [5, 5.41) is 9.43. The van der Waals surface area contributed by atoms with Crippen LogP contribution in [0.2, 0.25) is 0 Å². The maximum atomic E-state index is 11.9. The standard InChI is InChI=1S/C12H16N2O3/c1-17-11(16)7-14-10(15)6-9-4-2-3-5-12(9,14)8-13/h9H,2-7H2,1H3/t9-,12+/m1/s1. The van der Waals surface area contributed by atoms with Crippen molar-refractivity contribution < 1.29 is 14.3 Å². The Morgan fingerprint density at radius 2 is 2.41 bits per heavy atom. The van der Waals surface area contributed by atoms with Crippen molar-refractivity contribution in [1.82, 2.24) is 4.90 Å². The zero-order chi connectivity index (χ0) is 12.5. The normalized spacial score (nSPS) is 31.9. The highest BCUT2D eigenvalue weighted by molar-refractivity contribution is 5.86. The molecule has 2 rings (SSSR count). The third-order valence-corrected chi connectivity index (χ3v) is 3.95. The van der Waals surface area contributed by atoms with E-state index in [-0.39, 0.29) is 18.4 Å². The predicted octanol–water partition coefficient (Wildman–Crippen LogP) is 0.844. The molecule has 1 aliphatic carbocycles. The van der Waals surface area contributed by atoms with E-state index in [2.05, 4.69) is 10.8 Å². The van der Waals surface area contributed by atoms with E-state index < -0.39 is 11.5 Å². The molecule has 2 atom stereocenters. The second-order valence-corrected chi connectivity index (χ2v) is 4.74. The van der Waals surface area contributed by atoms with Crippen molar-refractivity contribution >= 4 is 11.9 Å². The van der Waals surface area contributed by atoms with E-state index in [0.717, 1.165) is 19.3 Å². The zero-order valence-corrected chi connectivity index (χ0v) is 9.94. The highest BCUT2D eigenvalue weighted by Crippen LogP contribution is 2.45. The first-order valence-electron chi connectivity index (χ1n) is 5.92. The molecule has 0 N–H and O–H groups in total. The Morgan fingerprint density at radius 3 is 3.06 bits per heavy atom. The first kappa shape index (κ1) is 11.9. The lowest BCUT2D eigenvalue weighted by atomic mass is 9.74. The van der Waals surface area contributed by atoms with Crippen LogP contribution in [0, 0.1) is 17.2 Å². The summed E-state index contributed by atoms with van der Waals surface area (Å²) in [5.41, 5.74) is -0.760. The van der Waals surface area contributed by atoms with Gasteiger partial charge in [0.15, 0.2) is 0 Å². The third kappa shape index (κ3) is 1.78. The molecule has 5 heteroatoms. The molecule has 17 heavy (non-hydrogen) atoms. The SMILES string of the molecule is COC(=O)CN1C(=O)C[C@H]2CCCC[C@]21C#N. The number of ether oxygens (including phenoxy) is 1. The van der Waals surface area contributed by atoms with Crippen molar-refractivity contribution in [2.24, 2.45) is 5.92 Å². The van der Waals surface area contributed by atoms with Crippen LogP contribution in [-0.2, 0) is 14.3 Å². The second-order valence-electron chi connectivity index (χ2n) is 4.74. The molecule has 0 aromatic rings. The minimum Gasteiger partial charge on any atom is -0.468 e. The predicted molar refractivity (Wildman–Crippen MR) is 58.6 cm³/mol. The fourth-order valence-corrected chi connectivity index (χ4v) is 3.03. The highest BCUT2D eigenvalue weighted by atomic mass is 16.5. The lowest BCUT2D eigenvalue weighted by Gasteiger charge is -2.38. The number of carbonyl (C=O) groups excluding carboxylic acids is 2. The van der Waals surface area contributed by atoms with Crippen molar-refractivity contribution in [2.45, 2.75) is 37.6 Å². The maximum absolute atomic E-state index is 11.9. The number of nitrogens with zero attached hydrogens (tertiary/aromatic N) is 2. The van der Waals surface area contributed by atoms with Gasteiger partial charge in [-0.1, -0.05) is 12.8 Å². The number of carbonyl (C=O) groups is 2. The van der Waals surface area contributed by atoms with Gasteiger partial charge in [-0.05, 0) is 12.8 Å². The molecule has 0 aromatic carbocycles. The summed E-state index contributed by atoms with van der Waals surface area (Å²) in [6.45, 7) is -0.0978. The van der Waals surface area contributed by atoms with Gasteiger partial charge in [0.05, 0.1) is 13.2 Å². The van der Waals surface area contributed by atoms with Gasteiger partial charge in [-0.25, -0.2) is 0 Å². The molecule has 2 aliphatic rings. The molecule has 1 heterocycles. The summed E-state index contributed by atoms with van der Waals surface area (Å²) in [6, 6.07) is 2.29. The molecule has 0 aromatic heterocycles. The van der Waals surface area contributed by atoms with Crippen LogP contribution in [0.5, 0.6) is 0 Å². The van der Waals surface area contributed by atoms with E-state index in [1.807, 2.05) is 0 Å². The Labute approximate surface area is 100 Å². The van der Waals surface area contributed by atoms with Gasteiger partial charge in [0, 0.05) is 12.3 Å². The Kier molecular flexibility index (Phi) is 3.05. The average Bonchev–Trinajstić information content (AvgIpc) is 2.63. The van der Waals surface area contributed by atoms with E-state index in [9.17, 15) is 14.9 Å². The average molecular weight is 236 g/mol. The van der Waals surface area contributed by atoms with E-state index in [1.165, 1.54) is 12.0 Å². The van der Waals surface area contributed by atoms with Crippen molar-refractivity contribution in [3.05, 3.63) is 0 Å². The van der Waals surface area contributed by atoms with Gasteiger partial charge in [-0.2, -0.15) is 5.26 Å². The number of likely N-dealkylation sites (tertiary alicyclic amines) is 1. The Balaban J connectivity index is 2.26. The lowest BCUT2D eigenvalue weighted by molar-refractivity contribution is -0.147. The van der Waals surface area contributed by atoms with Gasteiger partial charge in [0.2, 0.25) is 5.91 Å². The first-order valence-corrected chi connectivity index (χ1v) is 5.92. The van der Waals surface area contributed by atoms with Crippen LogP contribution >= 0.6 is 0 Å². The number of rotatable bonds is 2. The smallest absolute Gasteiger partial charge is 0.325 e. The summed E-state index contributed by atoms with van der Waals surface area (Å²) >= 11 is 0. The Hall–Kier alpha value is -1.57. The molecule has 1 aliphatic heterocycles. The van der Waals surface area contributed by atoms with Crippen molar-refractivity contribution in [3.63, 3.8) is 0 Å². The Bertz CT molecular complexity index is 388. The van der Waals surface area contributed by atoms with E-state index in [0.29, 0.717) is 12.8 Å². The van der Waals surface area contributed by atoms with Crippen LogP contribution < -0.4 is 0 Å². The van der Waals surface area contributed by atoms with E-state index in [4.69, 9.17) is 0 Å². The topological polar surface area (TPSA) is 70.4 Å². The fraction of sp³-hybridized carbons (Fsp3) is 0.750. The fourth-order valence-electron chi connectivity index (χ4n) is 3.03. The molecule has 1 saturated carbocycles. The second kappa shape index (κ2) is 4.36. The molecule has 1 amide bonds. The quantitative estimate of drug-likeness (QED) is 0.666. The highest BCUT2D eigenvalue weighted by Gasteiger charge is 2.54. The van der Waals surface area contributed by atoms with Crippen LogP contribution in [0.4, 0.5) is 0 Å². The molecule has 2 fully saturated rings. The van der Waals surface area contributed by atoms with E-state index >= 15 is 0 Å². The first-order chi connectivity index (χ1) is 8.14. The third-order valence-electron chi connectivity index (χ3n) is 3.95. The Morgan fingerprint density at radius 1 is 1.65 bits per heavy atom. The van der Waals surface area contributed by atoms with Gasteiger partial charge in [-0.15, -0.1) is 0 Å². The van der Waals surface area contributed by atoms with Crippen molar-refractivity contribution in [2.75, 3.05) is 13.7 Å². The molecule has 92 valence electrons. The molecule has 1 saturated heterocycles. The zero-order valence-electron chi connectivity index (χ0n) is 9.94. The van der Waals surface area contributed by atoms with Crippen molar-refractivity contribution in [3.8, 4) is 6.07 Å². The summed E-state index contributed by atoms with van der Waals surface area (Å²) in [6.07, 6.45) is 3.97. The summed E-state index contributed by atoms with van der Waals surface area (Å²) in [5.74, 6) is -0.471. The number of fused-ring (bicyclic) bond motifs is 1. The van der Waals surface area contributed by atoms with Gasteiger partial charge in [0.25, 0.3) is 0 Å². The molecule has 0 unspecified atom stereocenters. The number of esters is 1. The van der Waals surface area contributed by atoms with Gasteiger partial charge in [-0.3, -0.25) is 9.59 Å². The molecular weight excluding hydrogens is 220 g/mol. The van der Waals surface area contributed by atoms with Crippen LogP contribution in [-0.4, -0.2) is 36.0 Å². The molecular formula is C12H16N2O3. The minimum atomic E-state index is -0.760. The van der Waals surface area contributed by atoms with Crippen molar-refractivity contribution in [1.29, 1.82) is 5.26 Å². The van der Waals surface area contributed by atoms with E-state index in [1.54, 1.807) is 0 Å². The molecule has 5 nitrogen and oxygen atoms in total. The molecule has 0 spiro atoms. The van der Waals surface area contributed by atoms with Gasteiger partial charge in [0.1, 0.15) is 12.1 Å². The summed E-state index contributed by atoms with van der Waals surface area (Å²) in [7, 11) is 1.29. The number of hydrogen-bond acceptors (Lipinski definition) is 4. The summed E-state index contributed by atoms with van der Waals surface area (Å²) in [4.78, 5) is 24.7. The number of hydrogen-bond donors (Lipinski definition) is 0. The largest absolute Gasteiger partial charge is 0.468 e. The maximum Gasteiger partial charge on any atom is 0.325 e. The molecule has 0 radical (unpaired) electrons. The summed E-state index contributed by atoms with van der Waals surface area (Å²) < 4.78 is 4.59. The number of amides is 1.